The normalized spacial score (nSPS) is 18.1. The van der Waals surface area contributed by atoms with Crippen LogP contribution in [-0.2, 0) is 9.59 Å². The molecule has 6 nitrogen and oxygen atoms in total. The predicted molar refractivity (Wildman–Crippen MR) is 121 cm³/mol. The third kappa shape index (κ3) is 4.75. The van der Waals surface area contributed by atoms with Crippen LogP contribution >= 0.6 is 11.6 Å². The van der Waals surface area contributed by atoms with Crippen LogP contribution in [0.2, 0.25) is 5.02 Å². The number of rotatable bonds is 7. The Hall–Kier alpha value is -2.83. The first kappa shape index (κ1) is 22.8. The summed E-state index contributed by atoms with van der Waals surface area (Å²) in [6.45, 7) is 5.21. The van der Waals surface area contributed by atoms with Gasteiger partial charge in [-0.15, -0.1) is 0 Å². The Morgan fingerprint density at radius 1 is 1.16 bits per heavy atom. The maximum atomic E-state index is 13.0. The minimum atomic E-state index is -0.702. The van der Waals surface area contributed by atoms with Crippen LogP contribution in [0.3, 0.4) is 0 Å². The molecule has 0 aromatic heterocycles. The van der Waals surface area contributed by atoms with Crippen molar-refractivity contribution in [2.24, 2.45) is 0 Å². The number of aliphatic hydroxyl groups is 1. The number of likely N-dealkylation sites (N-methyl/N-ethyl adjacent to an activating group) is 1. The van der Waals surface area contributed by atoms with Gasteiger partial charge in [-0.3, -0.25) is 9.59 Å². The van der Waals surface area contributed by atoms with E-state index in [1.165, 1.54) is 4.90 Å². The molecule has 0 saturated carbocycles. The van der Waals surface area contributed by atoms with Crippen LogP contribution in [0, 0.1) is 6.92 Å². The van der Waals surface area contributed by atoms with Gasteiger partial charge in [-0.05, 0) is 51.7 Å². The molecule has 2 aromatic rings. The molecule has 1 saturated heterocycles. The van der Waals surface area contributed by atoms with Gasteiger partial charge < -0.3 is 19.6 Å². The molecule has 2 aromatic carbocycles. The van der Waals surface area contributed by atoms with E-state index in [4.69, 9.17) is 16.3 Å². The van der Waals surface area contributed by atoms with Gasteiger partial charge in [0.25, 0.3) is 11.7 Å². The molecule has 31 heavy (non-hydrogen) atoms. The first-order chi connectivity index (χ1) is 14.7. The third-order valence-corrected chi connectivity index (χ3v) is 5.52. The molecule has 164 valence electrons. The Morgan fingerprint density at radius 2 is 1.84 bits per heavy atom. The molecule has 1 atom stereocenters. The molecule has 0 spiro atoms. The Labute approximate surface area is 187 Å². The number of halogens is 1. The standard InChI is InChI=1S/C24H27ClN2O4/c1-5-31-19-11-10-17(14-18(19)25)22(28)20-21(16-8-6-15(2)7-9-16)27(13-12-26(3)4)24(30)23(20)29/h6-11,14,21,28H,5,12-13H2,1-4H3/b22-20+. The van der Waals surface area contributed by atoms with E-state index in [0.717, 1.165) is 11.1 Å². The smallest absolute Gasteiger partial charge is 0.295 e. The van der Waals surface area contributed by atoms with Gasteiger partial charge in [0.1, 0.15) is 11.5 Å². The van der Waals surface area contributed by atoms with E-state index in [2.05, 4.69) is 0 Å². The minimum absolute atomic E-state index is 0.0628. The monoisotopic (exact) mass is 442 g/mol. The zero-order valence-electron chi connectivity index (χ0n) is 18.2. The van der Waals surface area contributed by atoms with Crippen LogP contribution < -0.4 is 4.74 Å². The fraction of sp³-hybridized carbons (Fsp3) is 0.333. The molecule has 1 unspecified atom stereocenters. The number of amides is 1. The van der Waals surface area contributed by atoms with Crippen molar-refractivity contribution in [1.29, 1.82) is 0 Å². The van der Waals surface area contributed by atoms with Gasteiger partial charge in [0.15, 0.2) is 0 Å². The molecule has 1 amide bonds. The molecule has 1 N–H and O–H groups in total. The number of ether oxygens (including phenoxy) is 1. The van der Waals surface area contributed by atoms with E-state index in [9.17, 15) is 14.7 Å². The van der Waals surface area contributed by atoms with Crippen LogP contribution in [0.15, 0.2) is 48.0 Å². The second-order valence-electron chi connectivity index (χ2n) is 7.78. The van der Waals surface area contributed by atoms with Crippen LogP contribution in [0.5, 0.6) is 5.75 Å². The van der Waals surface area contributed by atoms with Gasteiger partial charge in [-0.1, -0.05) is 41.4 Å². The summed E-state index contributed by atoms with van der Waals surface area (Å²) in [4.78, 5) is 29.4. The van der Waals surface area contributed by atoms with Crippen LogP contribution in [0.25, 0.3) is 5.76 Å². The summed E-state index contributed by atoms with van der Waals surface area (Å²) in [5, 5.41) is 11.4. The molecular formula is C24H27ClN2O4. The lowest BCUT2D eigenvalue weighted by Gasteiger charge is -2.26. The highest BCUT2D eigenvalue weighted by Gasteiger charge is 2.45. The van der Waals surface area contributed by atoms with Gasteiger partial charge in [0.05, 0.1) is 23.2 Å². The van der Waals surface area contributed by atoms with Gasteiger partial charge in [0, 0.05) is 18.7 Å². The number of hydrogen-bond donors (Lipinski definition) is 1. The Bertz CT molecular complexity index is 1010. The number of aryl methyl sites for hydroxylation is 1. The summed E-state index contributed by atoms with van der Waals surface area (Å²) in [6.07, 6.45) is 0. The van der Waals surface area contributed by atoms with Gasteiger partial charge in [-0.2, -0.15) is 0 Å². The highest BCUT2D eigenvalue weighted by atomic mass is 35.5. The molecule has 1 heterocycles. The van der Waals surface area contributed by atoms with Gasteiger partial charge >= 0.3 is 0 Å². The van der Waals surface area contributed by atoms with Crippen molar-refractivity contribution in [1.82, 2.24) is 9.80 Å². The molecule has 3 rings (SSSR count). The van der Waals surface area contributed by atoms with Crippen molar-refractivity contribution in [2.45, 2.75) is 19.9 Å². The topological polar surface area (TPSA) is 70.1 Å². The second-order valence-corrected chi connectivity index (χ2v) is 8.19. The van der Waals surface area contributed by atoms with E-state index in [0.29, 0.717) is 36.0 Å². The Morgan fingerprint density at radius 3 is 2.42 bits per heavy atom. The summed E-state index contributed by atoms with van der Waals surface area (Å²) in [7, 11) is 3.80. The SMILES string of the molecule is CCOc1ccc(/C(O)=C2\C(=O)C(=O)N(CCN(C)C)C2c2ccc(C)cc2)cc1Cl. The number of benzene rings is 2. The molecule has 7 heteroatoms. The largest absolute Gasteiger partial charge is 0.507 e. The number of carbonyl (C=O) groups excluding carboxylic acids is 2. The summed E-state index contributed by atoms with van der Waals surface area (Å²) in [5.74, 6) is -1.08. The Kier molecular flexibility index (Phi) is 7.03. The second kappa shape index (κ2) is 9.54. The Balaban J connectivity index is 2.12. The van der Waals surface area contributed by atoms with Crippen molar-refractivity contribution in [3.63, 3.8) is 0 Å². The number of Topliss-reactive ketones (excluding diaryl/α,β-unsaturated/α-hetero) is 1. The van der Waals surface area contributed by atoms with Crippen molar-refractivity contribution in [3.05, 3.63) is 69.8 Å². The lowest BCUT2D eigenvalue weighted by Crippen LogP contribution is -2.35. The summed E-state index contributed by atoms with van der Waals surface area (Å²) < 4.78 is 5.44. The number of aliphatic hydroxyl groups excluding tert-OH is 1. The van der Waals surface area contributed by atoms with Gasteiger partial charge in [0.2, 0.25) is 0 Å². The molecule has 0 radical (unpaired) electrons. The average Bonchev–Trinajstić information content (AvgIpc) is 2.98. The number of carbonyl (C=O) groups is 2. The zero-order chi connectivity index (χ0) is 22.7. The predicted octanol–water partition coefficient (Wildman–Crippen LogP) is 4.03. The summed E-state index contributed by atoms with van der Waals surface area (Å²) >= 11 is 6.28. The van der Waals surface area contributed by atoms with Crippen molar-refractivity contribution >= 4 is 29.1 Å². The molecular weight excluding hydrogens is 416 g/mol. The molecule has 0 bridgehead atoms. The quantitative estimate of drug-likeness (QED) is 0.398. The van der Waals surface area contributed by atoms with Crippen LogP contribution in [0.1, 0.15) is 29.7 Å². The number of ketones is 1. The molecule has 1 aliphatic heterocycles. The van der Waals surface area contributed by atoms with Crippen molar-refractivity contribution in [2.75, 3.05) is 33.8 Å². The van der Waals surface area contributed by atoms with Crippen LogP contribution in [-0.4, -0.2) is 60.4 Å². The fourth-order valence-electron chi connectivity index (χ4n) is 3.59. The van der Waals surface area contributed by atoms with E-state index < -0.39 is 17.7 Å². The number of hydrogen-bond acceptors (Lipinski definition) is 5. The van der Waals surface area contributed by atoms with Crippen molar-refractivity contribution in [3.8, 4) is 5.75 Å². The van der Waals surface area contributed by atoms with E-state index >= 15 is 0 Å². The number of nitrogens with zero attached hydrogens (tertiary/aromatic N) is 2. The highest BCUT2D eigenvalue weighted by Crippen LogP contribution is 2.40. The fourth-order valence-corrected chi connectivity index (χ4v) is 3.82. The average molecular weight is 443 g/mol. The van der Waals surface area contributed by atoms with E-state index in [-0.39, 0.29) is 11.3 Å². The number of likely N-dealkylation sites (tertiary alicyclic amines) is 1. The minimum Gasteiger partial charge on any atom is -0.507 e. The first-order valence-corrected chi connectivity index (χ1v) is 10.5. The molecule has 1 aliphatic rings. The van der Waals surface area contributed by atoms with Gasteiger partial charge in [-0.25, -0.2) is 0 Å². The molecule has 1 fully saturated rings. The third-order valence-electron chi connectivity index (χ3n) is 5.23. The highest BCUT2D eigenvalue weighted by molar-refractivity contribution is 6.46. The maximum Gasteiger partial charge on any atom is 0.295 e. The lowest BCUT2D eigenvalue weighted by atomic mass is 9.94. The zero-order valence-corrected chi connectivity index (χ0v) is 18.9. The molecule has 0 aliphatic carbocycles. The maximum absolute atomic E-state index is 13.0. The van der Waals surface area contributed by atoms with Crippen molar-refractivity contribution < 1.29 is 19.4 Å². The van der Waals surface area contributed by atoms with Crippen LogP contribution in [0.4, 0.5) is 0 Å². The lowest BCUT2D eigenvalue weighted by molar-refractivity contribution is -0.140. The summed E-state index contributed by atoms with van der Waals surface area (Å²) in [5.41, 5.74) is 2.25. The first-order valence-electron chi connectivity index (χ1n) is 10.2. The van der Waals surface area contributed by atoms with E-state index in [1.807, 2.05) is 57.1 Å². The van der Waals surface area contributed by atoms with E-state index in [1.54, 1.807) is 18.2 Å². The summed E-state index contributed by atoms with van der Waals surface area (Å²) in [6, 6.07) is 11.8.